The molecule has 0 radical (unpaired) electrons. The maximum atomic E-state index is 12.8. The normalized spacial score (nSPS) is 51.2. The fourth-order valence-electron chi connectivity index (χ4n) is 8.05. The van der Waals surface area contributed by atoms with Crippen LogP contribution in [0.2, 0.25) is 0 Å². The van der Waals surface area contributed by atoms with E-state index in [1.54, 1.807) is 0 Å². The Hall–Kier alpha value is -0.970. The molecule has 0 amide bonds. The first kappa shape index (κ1) is 19.0. The van der Waals surface area contributed by atoms with Gasteiger partial charge in [-0.25, -0.2) is 0 Å². The highest BCUT2D eigenvalue weighted by molar-refractivity contribution is 7.88. The molecule has 154 valence electrons. The summed E-state index contributed by atoms with van der Waals surface area (Å²) in [6.45, 7) is 4.73. The molecule has 0 aromatic carbocycles. The second-order valence-corrected chi connectivity index (χ2v) is 12.0. The summed E-state index contributed by atoms with van der Waals surface area (Å²) in [5.74, 6) is 1.76. The second kappa shape index (κ2) is 6.02. The van der Waals surface area contributed by atoms with Crippen molar-refractivity contribution in [1.82, 2.24) is 0 Å². The van der Waals surface area contributed by atoms with Gasteiger partial charge < -0.3 is 4.74 Å². The van der Waals surface area contributed by atoms with E-state index in [1.165, 1.54) is 0 Å². The van der Waals surface area contributed by atoms with Crippen molar-refractivity contribution in [3.8, 4) is 0 Å². The first-order valence-electron chi connectivity index (χ1n) is 11.0. The number of carbonyl (C=O) groups is 2. The van der Waals surface area contributed by atoms with Crippen LogP contribution in [0, 0.1) is 34.5 Å². The van der Waals surface area contributed by atoms with E-state index in [0.29, 0.717) is 42.8 Å². The number of hydrogen-bond donors (Lipinski definition) is 0. The van der Waals surface area contributed by atoms with Crippen LogP contribution in [-0.4, -0.2) is 27.8 Å². The van der Waals surface area contributed by atoms with E-state index >= 15 is 0 Å². The van der Waals surface area contributed by atoms with Gasteiger partial charge in [-0.2, -0.15) is 0 Å². The quantitative estimate of drug-likeness (QED) is 0.616. The second-order valence-electron chi connectivity index (χ2n) is 10.6. The van der Waals surface area contributed by atoms with Gasteiger partial charge in [0.1, 0.15) is 11.4 Å². The average Bonchev–Trinajstić information content (AvgIpc) is 3.16. The van der Waals surface area contributed by atoms with Gasteiger partial charge in [0, 0.05) is 46.6 Å². The Morgan fingerprint density at radius 1 is 1.04 bits per heavy atom. The maximum absolute atomic E-state index is 12.8. The average molecular weight is 405 g/mol. The highest BCUT2D eigenvalue weighted by atomic mass is 32.2. The summed E-state index contributed by atoms with van der Waals surface area (Å²) >= 11 is 0. The molecule has 1 aliphatic heterocycles. The Morgan fingerprint density at radius 3 is 2.46 bits per heavy atom. The smallest absolute Gasteiger partial charge is 0.306 e. The molecule has 1 spiro atoms. The van der Waals surface area contributed by atoms with Gasteiger partial charge in [0.2, 0.25) is 0 Å². The summed E-state index contributed by atoms with van der Waals surface area (Å²) in [5.41, 5.74) is -0.197. The number of carbonyl (C=O) groups excluding carboxylic acids is 2. The minimum atomic E-state index is -1.02. The number of esters is 1. The third-order valence-corrected chi connectivity index (χ3v) is 10.8. The van der Waals surface area contributed by atoms with Crippen LogP contribution in [0.3, 0.4) is 0 Å². The van der Waals surface area contributed by atoms with Gasteiger partial charge in [-0.15, -0.1) is 0 Å². The van der Waals surface area contributed by atoms with E-state index in [1.807, 2.05) is 6.26 Å². The zero-order valence-electron chi connectivity index (χ0n) is 17.3. The van der Waals surface area contributed by atoms with Crippen molar-refractivity contribution in [2.75, 3.05) is 6.26 Å². The third-order valence-electron chi connectivity index (χ3n) is 9.71. The van der Waals surface area contributed by atoms with Crippen LogP contribution in [0.25, 0.3) is 0 Å². The minimum Gasteiger partial charge on any atom is -0.458 e. The number of hydrogen-bond acceptors (Lipinski definition) is 4. The number of ketones is 1. The van der Waals surface area contributed by atoms with Crippen LogP contribution in [0.1, 0.15) is 71.6 Å². The molecule has 5 heteroatoms. The van der Waals surface area contributed by atoms with Gasteiger partial charge in [0.05, 0.1) is 0 Å². The Bertz CT molecular complexity index is 802. The molecule has 1 saturated heterocycles. The van der Waals surface area contributed by atoms with Crippen LogP contribution in [0.5, 0.6) is 0 Å². The molecule has 5 unspecified atom stereocenters. The third kappa shape index (κ3) is 2.31. The summed E-state index contributed by atoms with van der Waals surface area (Å²) in [7, 11) is -1.02. The molecule has 4 nitrogen and oxygen atoms in total. The maximum Gasteiger partial charge on any atom is 0.306 e. The fraction of sp³-hybridized carbons (Fsp3) is 0.826. The molecule has 0 N–H and O–H groups in total. The molecule has 28 heavy (non-hydrogen) atoms. The molecular formula is C23H32O4S. The first-order valence-corrected chi connectivity index (χ1v) is 12.5. The van der Waals surface area contributed by atoms with Crippen molar-refractivity contribution < 1.29 is 18.5 Å². The van der Waals surface area contributed by atoms with Crippen LogP contribution in [-0.2, 0) is 25.1 Å². The van der Waals surface area contributed by atoms with E-state index in [-0.39, 0.29) is 28.3 Å². The lowest BCUT2D eigenvalue weighted by atomic mass is 9.46. The summed E-state index contributed by atoms with van der Waals surface area (Å²) in [4.78, 5) is 25.3. The largest absolute Gasteiger partial charge is 0.458 e. The SMILES string of the molecule is CS(=O)C1=CC2CC(=O)CCC2(C)C2CC[C@]3(C)[C@@H](CC[C@@]34CCC(=O)O4)C12. The molecule has 0 aromatic heterocycles. The van der Waals surface area contributed by atoms with Crippen LogP contribution < -0.4 is 0 Å². The molecule has 4 fully saturated rings. The van der Waals surface area contributed by atoms with Gasteiger partial charge >= 0.3 is 5.97 Å². The molecule has 1 heterocycles. The number of ether oxygens (including phenoxy) is 1. The fourth-order valence-corrected chi connectivity index (χ4v) is 9.12. The Balaban J connectivity index is 1.59. The van der Waals surface area contributed by atoms with E-state index in [0.717, 1.165) is 43.4 Å². The van der Waals surface area contributed by atoms with Crippen LogP contribution in [0.4, 0.5) is 0 Å². The predicted octanol–water partition coefficient (Wildman–Crippen LogP) is 4.16. The van der Waals surface area contributed by atoms with Crippen LogP contribution >= 0.6 is 0 Å². The van der Waals surface area contributed by atoms with Crippen LogP contribution in [0.15, 0.2) is 11.0 Å². The van der Waals surface area contributed by atoms with Crippen molar-refractivity contribution in [3.05, 3.63) is 11.0 Å². The lowest BCUT2D eigenvalue weighted by molar-refractivity contribution is -0.167. The molecule has 5 rings (SSSR count). The number of fused-ring (bicyclic) bond motifs is 6. The first-order chi connectivity index (χ1) is 13.2. The van der Waals surface area contributed by atoms with Gasteiger partial charge in [-0.1, -0.05) is 19.9 Å². The van der Waals surface area contributed by atoms with E-state index in [4.69, 9.17) is 4.74 Å². The summed E-state index contributed by atoms with van der Waals surface area (Å²) in [5, 5.41) is 0. The molecule has 3 saturated carbocycles. The molecule has 0 bridgehead atoms. The number of allylic oxidation sites excluding steroid dienone is 2. The topological polar surface area (TPSA) is 60.4 Å². The minimum absolute atomic E-state index is 0.0214. The van der Waals surface area contributed by atoms with Gasteiger partial charge in [-0.05, 0) is 67.6 Å². The summed E-state index contributed by atoms with van der Waals surface area (Å²) in [6, 6.07) is 0. The van der Waals surface area contributed by atoms with E-state index in [9.17, 15) is 13.8 Å². The van der Waals surface area contributed by atoms with E-state index in [2.05, 4.69) is 19.9 Å². The van der Waals surface area contributed by atoms with Crippen molar-refractivity contribution in [1.29, 1.82) is 0 Å². The van der Waals surface area contributed by atoms with Gasteiger partial charge in [-0.3, -0.25) is 13.8 Å². The Labute approximate surface area is 170 Å². The molecular weight excluding hydrogens is 372 g/mol. The van der Waals surface area contributed by atoms with Crippen molar-refractivity contribution in [3.63, 3.8) is 0 Å². The Kier molecular flexibility index (Phi) is 4.09. The highest BCUT2D eigenvalue weighted by Crippen LogP contribution is 2.70. The molecule has 0 aromatic rings. The molecule has 8 atom stereocenters. The monoisotopic (exact) mass is 404 g/mol. The summed E-state index contributed by atoms with van der Waals surface area (Å²) < 4.78 is 18.9. The number of Topliss-reactive ketones (excluding diaryl/α,β-unsaturated/α-hetero) is 1. The van der Waals surface area contributed by atoms with Gasteiger partial charge in [0.15, 0.2) is 0 Å². The summed E-state index contributed by atoms with van der Waals surface area (Å²) in [6.07, 6.45) is 11.9. The molecule has 5 aliphatic rings. The number of rotatable bonds is 1. The Morgan fingerprint density at radius 2 is 1.79 bits per heavy atom. The lowest BCUT2D eigenvalue weighted by Crippen LogP contribution is -2.56. The molecule has 4 aliphatic carbocycles. The lowest BCUT2D eigenvalue weighted by Gasteiger charge is -2.60. The highest BCUT2D eigenvalue weighted by Gasteiger charge is 2.68. The predicted molar refractivity (Wildman–Crippen MR) is 108 cm³/mol. The van der Waals surface area contributed by atoms with E-state index < -0.39 is 10.8 Å². The zero-order valence-corrected chi connectivity index (χ0v) is 18.1. The van der Waals surface area contributed by atoms with Crippen molar-refractivity contribution >= 4 is 22.6 Å². The zero-order chi connectivity index (χ0) is 19.9. The standard InChI is InChI=1S/C23H32O4S/c1-21-8-4-15(24)12-14(21)13-18(28(3)26)20-16(21)5-9-22(2)17(20)6-10-23(22)11-7-19(25)27-23/h13-14,16-17,20H,4-12H2,1-3H3/t14?,16?,17-,20?,21?,22+,23+,28?/m0/s1. The van der Waals surface area contributed by atoms with Gasteiger partial charge in [0.25, 0.3) is 0 Å². The van der Waals surface area contributed by atoms with Crippen molar-refractivity contribution in [2.24, 2.45) is 34.5 Å². The van der Waals surface area contributed by atoms with Crippen molar-refractivity contribution in [2.45, 2.75) is 77.2 Å².